The van der Waals surface area contributed by atoms with Gasteiger partial charge in [0, 0.05) is 49.9 Å². The van der Waals surface area contributed by atoms with E-state index in [9.17, 15) is 13.2 Å². The molecule has 1 saturated heterocycles. The Hall–Kier alpha value is -2.86. The number of amides is 1. The number of rotatable bonds is 8. The molecule has 1 aromatic heterocycles. The average Bonchev–Trinajstić information content (AvgIpc) is 3.42. The highest BCUT2D eigenvalue weighted by molar-refractivity contribution is 7.89. The van der Waals surface area contributed by atoms with Crippen LogP contribution in [0.5, 0.6) is 0 Å². The molecule has 2 aliphatic heterocycles. The fraction of sp³-hybridized carbons (Fsp3) is 0.333. The molecule has 0 N–H and O–H groups in total. The van der Waals surface area contributed by atoms with Gasteiger partial charge in [0.25, 0.3) is 5.91 Å². The topological polar surface area (TPSA) is 83.1 Å². The molecule has 0 unspecified atom stereocenters. The number of hydrogen-bond donors (Lipinski definition) is 0. The number of ether oxygens (including phenoxy) is 1. The largest absolute Gasteiger partial charge is 0.379 e. The lowest BCUT2D eigenvalue weighted by Gasteiger charge is -2.28. The van der Waals surface area contributed by atoms with Gasteiger partial charge in [-0.15, -0.1) is 0 Å². The Balaban J connectivity index is 1.22. The maximum Gasteiger partial charge on any atom is 0.260 e. The third-order valence-corrected chi connectivity index (χ3v) is 10.7. The number of anilines is 1. The van der Waals surface area contributed by atoms with Crippen molar-refractivity contribution in [3.8, 4) is 0 Å². The van der Waals surface area contributed by atoms with Gasteiger partial charge in [-0.3, -0.25) is 14.6 Å². The number of benzene rings is 3. The predicted molar refractivity (Wildman–Crippen MR) is 162 cm³/mol. The van der Waals surface area contributed by atoms with Gasteiger partial charge in [0.05, 0.1) is 28.3 Å². The summed E-state index contributed by atoms with van der Waals surface area (Å²) in [6.45, 7) is 5.31. The normalized spacial score (nSPS) is 16.5. The Morgan fingerprint density at radius 3 is 2.54 bits per heavy atom. The van der Waals surface area contributed by atoms with Crippen molar-refractivity contribution in [1.82, 2.24) is 14.2 Å². The van der Waals surface area contributed by atoms with Crippen molar-refractivity contribution in [3.63, 3.8) is 0 Å². The zero-order chi connectivity index (χ0) is 28.4. The first kappa shape index (κ1) is 28.3. The second-order valence-corrected chi connectivity index (χ2v) is 13.6. The van der Waals surface area contributed by atoms with Crippen molar-refractivity contribution in [2.24, 2.45) is 0 Å². The maximum absolute atomic E-state index is 13.8. The van der Waals surface area contributed by atoms with E-state index >= 15 is 0 Å². The van der Waals surface area contributed by atoms with Crippen molar-refractivity contribution >= 4 is 54.2 Å². The lowest BCUT2D eigenvalue weighted by atomic mass is 10.0. The van der Waals surface area contributed by atoms with E-state index in [2.05, 4.69) is 4.90 Å². The van der Waals surface area contributed by atoms with Crippen molar-refractivity contribution in [1.29, 1.82) is 0 Å². The van der Waals surface area contributed by atoms with Crippen LogP contribution >= 0.6 is 22.9 Å². The fourth-order valence-corrected chi connectivity index (χ4v) is 8.00. The number of carbonyl (C=O) groups excluding carboxylic acids is 1. The molecule has 0 spiro atoms. The molecule has 11 heteroatoms. The van der Waals surface area contributed by atoms with Crippen LogP contribution in [0.25, 0.3) is 10.2 Å². The molecule has 6 rings (SSSR count). The minimum absolute atomic E-state index is 0.182. The van der Waals surface area contributed by atoms with Crippen LogP contribution in [0.3, 0.4) is 0 Å². The molecule has 3 heterocycles. The van der Waals surface area contributed by atoms with Gasteiger partial charge in [-0.05, 0) is 66.4 Å². The van der Waals surface area contributed by atoms with Gasteiger partial charge in [-0.1, -0.05) is 47.2 Å². The Labute approximate surface area is 249 Å². The molecule has 3 aromatic carbocycles. The quantitative estimate of drug-likeness (QED) is 0.277. The molecule has 0 radical (unpaired) electrons. The summed E-state index contributed by atoms with van der Waals surface area (Å²) in [5, 5.41) is 1.21. The summed E-state index contributed by atoms with van der Waals surface area (Å²) < 4.78 is 34.8. The average molecular weight is 611 g/mol. The van der Waals surface area contributed by atoms with E-state index in [1.54, 1.807) is 23.1 Å². The SMILES string of the molecule is O=C(c1ccc(S(=O)(=O)N2CCc3ccccc3C2)cc1)N(CCCN1CCOCC1)c1nc2ccc(Cl)cc2s1. The van der Waals surface area contributed by atoms with Crippen molar-refractivity contribution < 1.29 is 17.9 Å². The first-order valence-electron chi connectivity index (χ1n) is 13.7. The molecule has 0 atom stereocenters. The van der Waals surface area contributed by atoms with Crippen LogP contribution in [0, 0.1) is 0 Å². The smallest absolute Gasteiger partial charge is 0.260 e. The van der Waals surface area contributed by atoms with E-state index < -0.39 is 10.0 Å². The number of thiazole rings is 1. The lowest BCUT2D eigenvalue weighted by Crippen LogP contribution is -2.39. The van der Waals surface area contributed by atoms with Crippen LogP contribution in [-0.2, 0) is 27.7 Å². The number of halogens is 1. The first-order chi connectivity index (χ1) is 19.9. The molecule has 0 bridgehead atoms. The van der Waals surface area contributed by atoms with Crippen LogP contribution in [-0.4, -0.2) is 74.5 Å². The minimum atomic E-state index is -3.70. The number of hydrogen-bond acceptors (Lipinski definition) is 7. The molecular formula is C30H31ClN4O4S2. The highest BCUT2D eigenvalue weighted by atomic mass is 35.5. The van der Waals surface area contributed by atoms with Gasteiger partial charge < -0.3 is 4.74 Å². The standard InChI is InChI=1S/C30H31ClN4O4S2/c31-25-8-11-27-28(20-25)40-30(32-27)35(14-3-13-33-16-18-39-19-17-33)29(36)23-6-9-26(10-7-23)41(37,38)34-15-12-22-4-1-2-5-24(22)21-34/h1-2,4-11,20H,3,12-19,21H2. The van der Waals surface area contributed by atoms with Gasteiger partial charge in [-0.25, -0.2) is 13.4 Å². The van der Waals surface area contributed by atoms with Crippen LogP contribution in [0.4, 0.5) is 5.13 Å². The van der Waals surface area contributed by atoms with E-state index in [0.717, 1.165) is 55.0 Å². The Bertz CT molecular complexity index is 1650. The number of aromatic nitrogens is 1. The van der Waals surface area contributed by atoms with E-state index in [1.807, 2.05) is 36.4 Å². The second kappa shape index (κ2) is 12.2. The number of nitrogens with zero attached hydrogens (tertiary/aromatic N) is 4. The van der Waals surface area contributed by atoms with Crippen molar-refractivity contribution in [3.05, 3.63) is 88.4 Å². The summed E-state index contributed by atoms with van der Waals surface area (Å²) >= 11 is 7.62. The van der Waals surface area contributed by atoms with E-state index in [-0.39, 0.29) is 10.8 Å². The maximum atomic E-state index is 13.8. The first-order valence-corrected chi connectivity index (χ1v) is 16.4. The zero-order valence-corrected chi connectivity index (χ0v) is 24.9. The highest BCUT2D eigenvalue weighted by Crippen LogP contribution is 2.32. The Morgan fingerprint density at radius 1 is 1.00 bits per heavy atom. The van der Waals surface area contributed by atoms with Gasteiger partial charge in [-0.2, -0.15) is 4.31 Å². The molecule has 0 aliphatic carbocycles. The second-order valence-electron chi connectivity index (χ2n) is 10.3. The number of fused-ring (bicyclic) bond motifs is 2. The molecule has 214 valence electrons. The number of carbonyl (C=O) groups is 1. The minimum Gasteiger partial charge on any atom is -0.379 e. The predicted octanol–water partition coefficient (Wildman–Crippen LogP) is 5.07. The van der Waals surface area contributed by atoms with Crippen LogP contribution in [0.1, 0.15) is 27.9 Å². The summed E-state index contributed by atoms with van der Waals surface area (Å²) in [5.41, 5.74) is 3.41. The van der Waals surface area contributed by atoms with Gasteiger partial charge in [0.1, 0.15) is 0 Å². The van der Waals surface area contributed by atoms with Gasteiger partial charge >= 0.3 is 0 Å². The van der Waals surface area contributed by atoms with E-state index in [4.69, 9.17) is 21.3 Å². The fourth-order valence-electron chi connectivity index (χ4n) is 5.31. The molecular weight excluding hydrogens is 580 g/mol. The van der Waals surface area contributed by atoms with Crippen LogP contribution in [0.2, 0.25) is 5.02 Å². The molecule has 1 amide bonds. The van der Waals surface area contributed by atoms with E-state index in [1.165, 1.54) is 33.3 Å². The summed E-state index contributed by atoms with van der Waals surface area (Å²) in [6.07, 6.45) is 1.45. The summed E-state index contributed by atoms with van der Waals surface area (Å²) in [4.78, 5) is 22.8. The Morgan fingerprint density at radius 2 is 1.76 bits per heavy atom. The highest BCUT2D eigenvalue weighted by Gasteiger charge is 2.29. The lowest BCUT2D eigenvalue weighted by molar-refractivity contribution is 0.0376. The molecule has 8 nitrogen and oxygen atoms in total. The third kappa shape index (κ3) is 6.18. The molecule has 0 saturated carbocycles. The molecule has 1 fully saturated rings. The monoisotopic (exact) mass is 610 g/mol. The van der Waals surface area contributed by atoms with Crippen molar-refractivity contribution in [2.45, 2.75) is 24.3 Å². The molecule has 41 heavy (non-hydrogen) atoms. The third-order valence-electron chi connectivity index (χ3n) is 7.61. The van der Waals surface area contributed by atoms with E-state index in [0.29, 0.717) is 41.8 Å². The summed E-state index contributed by atoms with van der Waals surface area (Å²) in [6, 6.07) is 19.7. The van der Waals surface area contributed by atoms with Crippen molar-refractivity contribution in [2.75, 3.05) is 50.8 Å². The number of morpholine rings is 1. The van der Waals surface area contributed by atoms with Gasteiger partial charge in [0.15, 0.2) is 5.13 Å². The van der Waals surface area contributed by atoms with Gasteiger partial charge in [0.2, 0.25) is 10.0 Å². The summed E-state index contributed by atoms with van der Waals surface area (Å²) in [5.74, 6) is -0.215. The molecule has 4 aromatic rings. The molecule has 2 aliphatic rings. The Kier molecular flexibility index (Phi) is 8.39. The zero-order valence-electron chi connectivity index (χ0n) is 22.5. The summed E-state index contributed by atoms with van der Waals surface area (Å²) in [7, 11) is -3.70. The van der Waals surface area contributed by atoms with Crippen LogP contribution in [0.15, 0.2) is 71.6 Å². The van der Waals surface area contributed by atoms with Crippen LogP contribution < -0.4 is 4.90 Å². The number of sulfonamides is 1.